The minimum absolute atomic E-state index is 0. The molecular weight excluding hydrogens is 387 g/mol. The number of likely N-dealkylation sites (tertiary alicyclic amines) is 1. The van der Waals surface area contributed by atoms with Gasteiger partial charge in [-0.15, -0.1) is 12.4 Å². The van der Waals surface area contributed by atoms with Crippen LogP contribution in [-0.4, -0.2) is 49.8 Å². The summed E-state index contributed by atoms with van der Waals surface area (Å²) in [6, 6.07) is 5.50. The molecule has 1 fully saturated rings. The predicted octanol–water partition coefficient (Wildman–Crippen LogP) is 3.29. The molecule has 0 spiro atoms. The van der Waals surface area contributed by atoms with E-state index >= 15 is 0 Å². The summed E-state index contributed by atoms with van der Waals surface area (Å²) in [6.45, 7) is 2.25. The van der Waals surface area contributed by atoms with Crippen molar-refractivity contribution in [2.45, 2.75) is 38.1 Å². The van der Waals surface area contributed by atoms with E-state index in [1.165, 1.54) is 0 Å². The van der Waals surface area contributed by atoms with Gasteiger partial charge in [0.05, 0.1) is 35.3 Å². The van der Waals surface area contributed by atoms with Gasteiger partial charge >= 0.3 is 0 Å². The number of nitrogens with zero attached hydrogens (tertiary/aromatic N) is 1. The molecule has 2 N–H and O–H groups in total. The van der Waals surface area contributed by atoms with Crippen LogP contribution in [0.3, 0.4) is 0 Å². The molecule has 5 nitrogen and oxygen atoms in total. The van der Waals surface area contributed by atoms with E-state index in [1.54, 1.807) is 13.2 Å². The number of rotatable bonds is 7. The number of amides is 1. The maximum Gasteiger partial charge on any atom is 0.225 e. The Labute approximate surface area is 165 Å². The molecule has 1 saturated heterocycles. The van der Waals surface area contributed by atoms with E-state index < -0.39 is 0 Å². The first-order valence-electron chi connectivity index (χ1n) is 8.09. The first kappa shape index (κ1) is 22.5. The van der Waals surface area contributed by atoms with Gasteiger partial charge in [0, 0.05) is 26.7 Å². The summed E-state index contributed by atoms with van der Waals surface area (Å²) < 4.78 is 11.1. The normalized spacial score (nSPS) is 16.4. The van der Waals surface area contributed by atoms with Crippen molar-refractivity contribution in [1.29, 1.82) is 0 Å². The van der Waals surface area contributed by atoms with Gasteiger partial charge in [-0.05, 0) is 30.5 Å². The van der Waals surface area contributed by atoms with Crippen LogP contribution in [0.15, 0.2) is 18.2 Å². The number of hydrogen-bond acceptors (Lipinski definition) is 4. The average molecular weight is 412 g/mol. The summed E-state index contributed by atoms with van der Waals surface area (Å²) in [7, 11) is 1.58. The van der Waals surface area contributed by atoms with Crippen LogP contribution >= 0.6 is 35.6 Å². The molecule has 0 saturated carbocycles. The lowest BCUT2D eigenvalue weighted by Gasteiger charge is -2.32. The molecular formula is C17H25Cl3N2O3. The predicted molar refractivity (Wildman–Crippen MR) is 103 cm³/mol. The largest absolute Gasteiger partial charge is 0.380 e. The van der Waals surface area contributed by atoms with Crippen LogP contribution in [0.2, 0.25) is 10.0 Å². The summed E-state index contributed by atoms with van der Waals surface area (Å²) in [5.74, 6) is 0.0928. The van der Waals surface area contributed by atoms with Crippen LogP contribution < -0.4 is 5.73 Å². The summed E-state index contributed by atoms with van der Waals surface area (Å²) in [5.41, 5.74) is 6.56. The van der Waals surface area contributed by atoms with Crippen molar-refractivity contribution in [3.05, 3.63) is 33.8 Å². The highest BCUT2D eigenvalue weighted by Gasteiger charge is 2.24. The highest BCUT2D eigenvalue weighted by atomic mass is 35.5. The lowest BCUT2D eigenvalue weighted by Crippen LogP contribution is -2.42. The van der Waals surface area contributed by atoms with Crippen LogP contribution in [0, 0.1) is 0 Å². The number of piperidine rings is 1. The molecule has 1 amide bonds. The van der Waals surface area contributed by atoms with Gasteiger partial charge in [0.25, 0.3) is 0 Å². The van der Waals surface area contributed by atoms with Crippen LogP contribution in [0.4, 0.5) is 0 Å². The Bertz CT molecular complexity index is 548. The fourth-order valence-electron chi connectivity index (χ4n) is 2.70. The average Bonchev–Trinajstić information content (AvgIpc) is 2.61. The quantitative estimate of drug-likeness (QED) is 0.748. The summed E-state index contributed by atoms with van der Waals surface area (Å²) >= 11 is 11.9. The summed E-state index contributed by atoms with van der Waals surface area (Å²) in [5, 5.41) is 1.07. The van der Waals surface area contributed by atoms with Gasteiger partial charge in [-0.1, -0.05) is 29.3 Å². The lowest BCUT2D eigenvalue weighted by molar-refractivity contribution is -0.136. The van der Waals surface area contributed by atoms with Crippen LogP contribution in [0.1, 0.15) is 24.8 Å². The number of halogens is 3. The highest BCUT2D eigenvalue weighted by molar-refractivity contribution is 6.42. The smallest absolute Gasteiger partial charge is 0.225 e. The number of benzene rings is 1. The van der Waals surface area contributed by atoms with Crippen molar-refractivity contribution in [3.8, 4) is 0 Å². The zero-order valence-corrected chi connectivity index (χ0v) is 16.6. The molecule has 0 aromatic heterocycles. The van der Waals surface area contributed by atoms with E-state index in [0.717, 1.165) is 18.4 Å². The molecule has 0 bridgehead atoms. The highest BCUT2D eigenvalue weighted by Crippen LogP contribution is 2.24. The van der Waals surface area contributed by atoms with Crippen molar-refractivity contribution < 1.29 is 14.3 Å². The van der Waals surface area contributed by atoms with Crippen molar-refractivity contribution in [2.24, 2.45) is 5.73 Å². The topological polar surface area (TPSA) is 64.8 Å². The first-order chi connectivity index (χ1) is 11.5. The molecule has 1 heterocycles. The Morgan fingerprint density at radius 3 is 2.56 bits per heavy atom. The van der Waals surface area contributed by atoms with Crippen LogP contribution in [-0.2, 0) is 20.9 Å². The van der Waals surface area contributed by atoms with Gasteiger partial charge < -0.3 is 20.1 Å². The first-order valence-corrected chi connectivity index (χ1v) is 8.85. The van der Waals surface area contributed by atoms with Gasteiger partial charge in [-0.3, -0.25) is 4.79 Å². The fourth-order valence-corrected chi connectivity index (χ4v) is 3.02. The third kappa shape index (κ3) is 6.93. The molecule has 1 atom stereocenters. The zero-order valence-electron chi connectivity index (χ0n) is 14.2. The molecule has 1 unspecified atom stereocenters. The summed E-state index contributed by atoms with van der Waals surface area (Å²) in [4.78, 5) is 14.1. The van der Waals surface area contributed by atoms with E-state index in [2.05, 4.69) is 0 Å². The minimum atomic E-state index is -0.207. The van der Waals surface area contributed by atoms with Gasteiger partial charge in [-0.25, -0.2) is 0 Å². The Morgan fingerprint density at radius 2 is 2.00 bits per heavy atom. The maximum atomic E-state index is 12.2. The van der Waals surface area contributed by atoms with Crippen molar-refractivity contribution in [1.82, 2.24) is 4.90 Å². The minimum Gasteiger partial charge on any atom is -0.380 e. The molecule has 25 heavy (non-hydrogen) atoms. The van der Waals surface area contributed by atoms with E-state index in [9.17, 15) is 4.79 Å². The van der Waals surface area contributed by atoms with Crippen LogP contribution in [0.25, 0.3) is 0 Å². The molecule has 8 heteroatoms. The number of ether oxygens (including phenoxy) is 2. The summed E-state index contributed by atoms with van der Waals surface area (Å²) in [6.07, 6.45) is 1.93. The Kier molecular flexibility index (Phi) is 10.1. The third-order valence-corrected chi connectivity index (χ3v) is 5.00. The second kappa shape index (κ2) is 11.2. The van der Waals surface area contributed by atoms with Crippen molar-refractivity contribution in [3.63, 3.8) is 0 Å². The molecule has 1 aliphatic heterocycles. The molecule has 142 valence electrons. The zero-order chi connectivity index (χ0) is 17.5. The van der Waals surface area contributed by atoms with E-state index in [0.29, 0.717) is 42.7 Å². The maximum absolute atomic E-state index is 12.2. The molecule has 1 aliphatic rings. The van der Waals surface area contributed by atoms with Gasteiger partial charge in [0.1, 0.15) is 0 Å². The molecule has 1 aromatic rings. The number of nitrogens with two attached hydrogens (primary N) is 1. The van der Waals surface area contributed by atoms with Crippen molar-refractivity contribution in [2.75, 3.05) is 26.7 Å². The molecule has 0 aliphatic carbocycles. The number of hydrogen-bond donors (Lipinski definition) is 1. The molecule has 0 radical (unpaired) electrons. The van der Waals surface area contributed by atoms with Gasteiger partial charge in [0.2, 0.25) is 5.91 Å². The van der Waals surface area contributed by atoms with Gasteiger partial charge in [0.15, 0.2) is 0 Å². The van der Waals surface area contributed by atoms with Crippen molar-refractivity contribution >= 4 is 41.5 Å². The van der Waals surface area contributed by atoms with E-state index in [1.807, 2.05) is 17.0 Å². The number of methoxy groups -OCH3 is 1. The second-order valence-corrected chi connectivity index (χ2v) is 6.75. The standard InChI is InChI=1S/C17H24Cl2N2O3.ClH/c1-23-14(10-20)9-17(22)21-6-4-13(5-7-21)24-11-12-2-3-15(18)16(19)8-12;/h2-3,8,13-14H,4-7,9-11,20H2,1H3;1H. The SMILES string of the molecule is COC(CN)CC(=O)N1CCC(OCc2ccc(Cl)c(Cl)c2)CC1.Cl. The molecule has 2 rings (SSSR count). The third-order valence-electron chi connectivity index (χ3n) is 4.26. The van der Waals surface area contributed by atoms with Crippen LogP contribution in [0.5, 0.6) is 0 Å². The number of carbonyl (C=O) groups excluding carboxylic acids is 1. The number of carbonyl (C=O) groups is 1. The Balaban J connectivity index is 0.00000312. The Hall–Kier alpha value is -0.560. The van der Waals surface area contributed by atoms with E-state index in [-0.39, 0.29) is 30.5 Å². The monoisotopic (exact) mass is 410 g/mol. The van der Waals surface area contributed by atoms with Gasteiger partial charge in [-0.2, -0.15) is 0 Å². The Morgan fingerprint density at radius 1 is 1.32 bits per heavy atom. The molecule has 1 aromatic carbocycles. The lowest BCUT2D eigenvalue weighted by atomic mass is 10.1. The van der Waals surface area contributed by atoms with E-state index in [4.69, 9.17) is 38.4 Å². The second-order valence-electron chi connectivity index (χ2n) is 5.94. The fraction of sp³-hybridized carbons (Fsp3) is 0.588.